The number of hydrogen-bond donors (Lipinski definition) is 1. The average molecular weight is 291 g/mol. The summed E-state index contributed by atoms with van der Waals surface area (Å²) in [4.78, 5) is 8.76. The predicted octanol–water partition coefficient (Wildman–Crippen LogP) is 3.13. The fourth-order valence-corrected chi connectivity index (χ4v) is 2.65. The summed E-state index contributed by atoms with van der Waals surface area (Å²) in [5.74, 6) is 0.646. The van der Waals surface area contributed by atoms with Gasteiger partial charge in [-0.3, -0.25) is 0 Å². The van der Waals surface area contributed by atoms with E-state index in [-0.39, 0.29) is 5.41 Å². The molecule has 2 aromatic rings. The van der Waals surface area contributed by atoms with Gasteiger partial charge in [0.25, 0.3) is 0 Å². The maximum atomic E-state index is 5.11. The second-order valence-corrected chi connectivity index (χ2v) is 6.56. The third-order valence-electron chi connectivity index (χ3n) is 2.84. The highest BCUT2D eigenvalue weighted by Crippen LogP contribution is 2.25. The molecule has 20 heavy (non-hydrogen) atoms. The SMILES string of the molecule is COc1cc(CNCc2csc(C(C)(C)C)n2)ccn1. The summed E-state index contributed by atoms with van der Waals surface area (Å²) in [7, 11) is 1.63. The van der Waals surface area contributed by atoms with Crippen LogP contribution in [-0.2, 0) is 18.5 Å². The summed E-state index contributed by atoms with van der Waals surface area (Å²) >= 11 is 1.73. The van der Waals surface area contributed by atoms with E-state index in [0.29, 0.717) is 5.88 Å². The molecular formula is C15H21N3OS. The van der Waals surface area contributed by atoms with Crippen LogP contribution in [-0.4, -0.2) is 17.1 Å². The topological polar surface area (TPSA) is 47.0 Å². The molecule has 0 atom stereocenters. The first-order chi connectivity index (χ1) is 9.49. The summed E-state index contributed by atoms with van der Waals surface area (Å²) in [6.45, 7) is 8.11. The van der Waals surface area contributed by atoms with Crippen LogP contribution in [0.15, 0.2) is 23.7 Å². The molecule has 0 aliphatic carbocycles. The minimum atomic E-state index is 0.126. The van der Waals surface area contributed by atoms with Gasteiger partial charge in [0.1, 0.15) is 0 Å². The van der Waals surface area contributed by atoms with Gasteiger partial charge in [0.05, 0.1) is 17.8 Å². The Labute approximate surface area is 124 Å². The number of ether oxygens (including phenoxy) is 1. The van der Waals surface area contributed by atoms with Crippen molar-refractivity contribution >= 4 is 11.3 Å². The molecule has 0 fully saturated rings. The van der Waals surface area contributed by atoms with Crippen molar-refractivity contribution in [2.24, 2.45) is 0 Å². The lowest BCUT2D eigenvalue weighted by Gasteiger charge is -2.13. The summed E-state index contributed by atoms with van der Waals surface area (Å²) < 4.78 is 5.11. The molecule has 0 radical (unpaired) electrons. The number of pyridine rings is 1. The van der Waals surface area contributed by atoms with E-state index in [1.165, 1.54) is 5.01 Å². The Morgan fingerprint density at radius 3 is 2.75 bits per heavy atom. The van der Waals surface area contributed by atoms with Crippen molar-refractivity contribution in [2.45, 2.75) is 39.3 Å². The van der Waals surface area contributed by atoms with Gasteiger partial charge >= 0.3 is 0 Å². The maximum absolute atomic E-state index is 5.11. The molecule has 0 spiro atoms. The Morgan fingerprint density at radius 1 is 1.30 bits per heavy atom. The number of hydrogen-bond acceptors (Lipinski definition) is 5. The molecular weight excluding hydrogens is 270 g/mol. The Balaban J connectivity index is 1.88. The molecule has 1 N–H and O–H groups in total. The van der Waals surface area contributed by atoms with E-state index in [4.69, 9.17) is 4.74 Å². The first-order valence-corrected chi connectivity index (χ1v) is 7.51. The Kier molecular flexibility index (Phi) is 4.73. The van der Waals surface area contributed by atoms with Crippen molar-refractivity contribution in [1.29, 1.82) is 0 Å². The highest BCUT2D eigenvalue weighted by atomic mass is 32.1. The second kappa shape index (κ2) is 6.33. The number of thiazole rings is 1. The van der Waals surface area contributed by atoms with E-state index in [0.717, 1.165) is 24.3 Å². The molecule has 2 rings (SSSR count). The van der Waals surface area contributed by atoms with Gasteiger partial charge in [0.2, 0.25) is 5.88 Å². The zero-order valence-electron chi connectivity index (χ0n) is 12.4. The van der Waals surface area contributed by atoms with E-state index in [1.807, 2.05) is 12.1 Å². The van der Waals surface area contributed by atoms with E-state index < -0.39 is 0 Å². The van der Waals surface area contributed by atoms with Gasteiger partial charge < -0.3 is 10.1 Å². The molecule has 0 bridgehead atoms. The van der Waals surface area contributed by atoms with Gasteiger partial charge in [0.15, 0.2) is 0 Å². The highest BCUT2D eigenvalue weighted by molar-refractivity contribution is 7.09. The largest absolute Gasteiger partial charge is 0.481 e. The monoisotopic (exact) mass is 291 g/mol. The minimum absolute atomic E-state index is 0.126. The van der Waals surface area contributed by atoms with E-state index in [2.05, 4.69) is 41.4 Å². The standard InChI is InChI=1S/C15H21N3OS/c1-15(2,3)14-18-12(10-20-14)9-16-8-11-5-6-17-13(7-11)19-4/h5-7,10,16H,8-9H2,1-4H3. The van der Waals surface area contributed by atoms with E-state index in [9.17, 15) is 0 Å². The van der Waals surface area contributed by atoms with Crippen molar-refractivity contribution in [2.75, 3.05) is 7.11 Å². The van der Waals surface area contributed by atoms with Crippen LogP contribution in [0.5, 0.6) is 5.88 Å². The lowest BCUT2D eigenvalue weighted by Crippen LogP contribution is -2.14. The van der Waals surface area contributed by atoms with Crippen LogP contribution in [0.1, 0.15) is 37.0 Å². The Hall–Kier alpha value is -1.46. The average Bonchev–Trinajstić information content (AvgIpc) is 2.88. The number of aromatic nitrogens is 2. The number of nitrogens with zero attached hydrogens (tertiary/aromatic N) is 2. The summed E-state index contributed by atoms with van der Waals surface area (Å²) in [5.41, 5.74) is 2.38. The van der Waals surface area contributed by atoms with Crippen LogP contribution in [0.2, 0.25) is 0 Å². The lowest BCUT2D eigenvalue weighted by atomic mass is 9.98. The molecule has 5 heteroatoms. The van der Waals surface area contributed by atoms with Crippen molar-refractivity contribution in [3.63, 3.8) is 0 Å². The molecule has 2 aromatic heterocycles. The molecule has 0 amide bonds. The fourth-order valence-electron chi connectivity index (χ4n) is 1.74. The zero-order valence-corrected chi connectivity index (χ0v) is 13.3. The van der Waals surface area contributed by atoms with Crippen molar-refractivity contribution < 1.29 is 4.74 Å². The fraction of sp³-hybridized carbons (Fsp3) is 0.467. The third-order valence-corrected chi connectivity index (χ3v) is 4.15. The number of rotatable bonds is 5. The Bertz CT molecular complexity index is 560. The quantitative estimate of drug-likeness (QED) is 0.919. The van der Waals surface area contributed by atoms with Crippen LogP contribution in [0.3, 0.4) is 0 Å². The van der Waals surface area contributed by atoms with Crippen molar-refractivity contribution in [3.8, 4) is 5.88 Å². The van der Waals surface area contributed by atoms with Gasteiger partial charge in [-0.15, -0.1) is 11.3 Å². The molecule has 0 aromatic carbocycles. The van der Waals surface area contributed by atoms with Gasteiger partial charge in [-0.2, -0.15) is 0 Å². The smallest absolute Gasteiger partial charge is 0.213 e. The highest BCUT2D eigenvalue weighted by Gasteiger charge is 2.17. The number of methoxy groups -OCH3 is 1. The minimum Gasteiger partial charge on any atom is -0.481 e. The molecule has 4 nitrogen and oxygen atoms in total. The molecule has 0 unspecified atom stereocenters. The second-order valence-electron chi connectivity index (χ2n) is 5.70. The van der Waals surface area contributed by atoms with Crippen LogP contribution in [0.25, 0.3) is 0 Å². The number of nitrogens with one attached hydrogen (secondary N) is 1. The third kappa shape index (κ3) is 4.02. The summed E-state index contributed by atoms with van der Waals surface area (Å²) in [6, 6.07) is 3.92. The van der Waals surface area contributed by atoms with Crippen LogP contribution in [0.4, 0.5) is 0 Å². The van der Waals surface area contributed by atoms with Gasteiger partial charge in [-0.25, -0.2) is 9.97 Å². The van der Waals surface area contributed by atoms with Gasteiger partial charge in [-0.05, 0) is 11.6 Å². The normalized spacial score (nSPS) is 11.6. The lowest BCUT2D eigenvalue weighted by molar-refractivity contribution is 0.397. The van der Waals surface area contributed by atoms with Crippen molar-refractivity contribution in [1.82, 2.24) is 15.3 Å². The molecule has 0 saturated carbocycles. The van der Waals surface area contributed by atoms with Crippen molar-refractivity contribution in [3.05, 3.63) is 40.0 Å². The van der Waals surface area contributed by atoms with E-state index in [1.54, 1.807) is 24.6 Å². The molecule has 0 aliphatic rings. The van der Waals surface area contributed by atoms with Crippen LogP contribution in [0, 0.1) is 0 Å². The molecule has 0 aliphatic heterocycles. The van der Waals surface area contributed by atoms with Crippen LogP contribution < -0.4 is 10.1 Å². The maximum Gasteiger partial charge on any atom is 0.213 e. The predicted molar refractivity (Wildman–Crippen MR) is 82.1 cm³/mol. The summed E-state index contributed by atoms with van der Waals surface area (Å²) in [5, 5.41) is 6.70. The zero-order chi connectivity index (χ0) is 14.6. The van der Waals surface area contributed by atoms with E-state index >= 15 is 0 Å². The summed E-state index contributed by atoms with van der Waals surface area (Å²) in [6.07, 6.45) is 1.76. The Morgan fingerprint density at radius 2 is 2.10 bits per heavy atom. The first-order valence-electron chi connectivity index (χ1n) is 6.63. The van der Waals surface area contributed by atoms with Gasteiger partial charge in [-0.1, -0.05) is 20.8 Å². The molecule has 0 saturated heterocycles. The first kappa shape index (κ1) is 14.9. The van der Waals surface area contributed by atoms with Crippen LogP contribution >= 0.6 is 11.3 Å². The molecule has 108 valence electrons. The molecule has 2 heterocycles. The van der Waals surface area contributed by atoms with Gasteiger partial charge in [0, 0.05) is 36.1 Å².